The summed E-state index contributed by atoms with van der Waals surface area (Å²) >= 11 is 0. The van der Waals surface area contributed by atoms with Crippen LogP contribution >= 0.6 is 0 Å². The predicted octanol–water partition coefficient (Wildman–Crippen LogP) is 6.50. The first-order chi connectivity index (χ1) is 14.3. The van der Waals surface area contributed by atoms with Crippen molar-refractivity contribution < 1.29 is 4.74 Å². The van der Waals surface area contributed by atoms with Crippen LogP contribution in [-0.4, -0.2) is 9.97 Å². The normalized spacial score (nSPS) is 10.9. The summed E-state index contributed by atoms with van der Waals surface area (Å²) in [6.07, 6.45) is 0. The zero-order valence-corrected chi connectivity index (χ0v) is 15.7. The van der Waals surface area contributed by atoms with Crippen LogP contribution < -0.4 is 4.74 Å². The van der Waals surface area contributed by atoms with Gasteiger partial charge in [0.2, 0.25) is 5.88 Å². The lowest BCUT2D eigenvalue weighted by molar-refractivity contribution is 0.501. The van der Waals surface area contributed by atoms with Crippen molar-refractivity contribution in [1.29, 1.82) is 0 Å². The Morgan fingerprint density at radius 1 is 0.690 bits per heavy atom. The fraction of sp³-hybridized carbons (Fsp3) is 0. The van der Waals surface area contributed by atoms with Crippen LogP contribution in [0.25, 0.3) is 38.8 Å². The maximum absolute atomic E-state index is 6.18. The Morgan fingerprint density at radius 3 is 2.28 bits per heavy atom. The molecule has 0 radical (unpaired) electrons. The van der Waals surface area contributed by atoms with Gasteiger partial charge in [0.15, 0.2) is 5.82 Å². The van der Waals surface area contributed by atoms with Crippen LogP contribution in [0.1, 0.15) is 5.56 Å². The monoisotopic (exact) mass is 374 g/mol. The van der Waals surface area contributed by atoms with Crippen LogP contribution in [0.2, 0.25) is 0 Å². The standard InChI is InChI=1S/C26H18N2O/c1-18(21-16-15-19-9-5-6-12-22(19)17-21)29-26-23-13-7-8-14-24(23)27-25(28-26)20-10-3-2-4-11-20/h2-17H,1H2. The third-order valence-electron chi connectivity index (χ3n) is 4.89. The van der Waals surface area contributed by atoms with Gasteiger partial charge >= 0.3 is 0 Å². The highest BCUT2D eigenvalue weighted by molar-refractivity contribution is 5.88. The predicted molar refractivity (Wildman–Crippen MR) is 119 cm³/mol. The van der Waals surface area contributed by atoms with Crippen molar-refractivity contribution >= 4 is 27.4 Å². The van der Waals surface area contributed by atoms with E-state index in [4.69, 9.17) is 14.7 Å². The van der Waals surface area contributed by atoms with Crippen molar-refractivity contribution in [2.75, 3.05) is 0 Å². The Bertz CT molecular complexity index is 1340. The number of rotatable bonds is 4. The van der Waals surface area contributed by atoms with Crippen LogP contribution in [0.15, 0.2) is 104 Å². The van der Waals surface area contributed by atoms with E-state index in [2.05, 4.69) is 30.8 Å². The van der Waals surface area contributed by atoms with Gasteiger partial charge in [-0.1, -0.05) is 85.4 Å². The first-order valence-corrected chi connectivity index (χ1v) is 9.46. The Kier molecular flexibility index (Phi) is 4.26. The molecular formula is C26H18N2O. The molecule has 4 aromatic carbocycles. The van der Waals surface area contributed by atoms with Crippen molar-refractivity contribution in [3.05, 3.63) is 109 Å². The Balaban J connectivity index is 1.57. The molecular weight excluding hydrogens is 356 g/mol. The summed E-state index contributed by atoms with van der Waals surface area (Å²) in [6, 6.07) is 32.2. The van der Waals surface area contributed by atoms with Gasteiger partial charge in [0.05, 0.1) is 10.9 Å². The van der Waals surface area contributed by atoms with Gasteiger partial charge in [-0.3, -0.25) is 0 Å². The van der Waals surface area contributed by atoms with E-state index in [0.717, 1.165) is 27.4 Å². The number of aromatic nitrogens is 2. The van der Waals surface area contributed by atoms with Gasteiger partial charge in [-0.25, -0.2) is 4.98 Å². The summed E-state index contributed by atoms with van der Waals surface area (Å²) in [5.41, 5.74) is 2.70. The van der Waals surface area contributed by atoms with Crippen LogP contribution in [-0.2, 0) is 0 Å². The number of hydrogen-bond acceptors (Lipinski definition) is 3. The first kappa shape index (κ1) is 17.1. The second kappa shape index (κ2) is 7.21. The summed E-state index contributed by atoms with van der Waals surface area (Å²) in [5, 5.41) is 3.18. The molecule has 0 unspecified atom stereocenters. The Labute approximate surface area is 169 Å². The highest BCUT2D eigenvalue weighted by Gasteiger charge is 2.12. The molecule has 0 amide bonds. The lowest BCUT2D eigenvalue weighted by atomic mass is 10.1. The highest BCUT2D eigenvalue weighted by Crippen LogP contribution is 2.30. The van der Waals surface area contributed by atoms with Gasteiger partial charge in [0.1, 0.15) is 5.76 Å². The van der Waals surface area contributed by atoms with Crippen LogP contribution in [0, 0.1) is 0 Å². The summed E-state index contributed by atoms with van der Waals surface area (Å²) in [4.78, 5) is 9.41. The molecule has 0 fully saturated rings. The largest absolute Gasteiger partial charge is 0.438 e. The lowest BCUT2D eigenvalue weighted by Gasteiger charge is -2.12. The van der Waals surface area contributed by atoms with Crippen molar-refractivity contribution in [3.8, 4) is 17.3 Å². The molecule has 0 saturated heterocycles. The SMILES string of the molecule is C=C(Oc1nc(-c2ccccc2)nc2ccccc12)c1ccc2ccccc2c1. The lowest BCUT2D eigenvalue weighted by Crippen LogP contribution is -1.99. The van der Waals surface area contributed by atoms with E-state index in [1.807, 2.05) is 72.8 Å². The van der Waals surface area contributed by atoms with Gasteiger partial charge < -0.3 is 4.74 Å². The fourth-order valence-electron chi connectivity index (χ4n) is 3.38. The second-order valence-electron chi connectivity index (χ2n) is 6.82. The number of hydrogen-bond donors (Lipinski definition) is 0. The fourth-order valence-corrected chi connectivity index (χ4v) is 3.38. The molecule has 0 N–H and O–H groups in total. The van der Waals surface area contributed by atoms with E-state index in [-0.39, 0.29) is 0 Å². The van der Waals surface area contributed by atoms with Crippen molar-refractivity contribution in [2.24, 2.45) is 0 Å². The quantitative estimate of drug-likeness (QED) is 0.337. The molecule has 0 aliphatic rings. The molecule has 1 aromatic heterocycles. The molecule has 5 rings (SSSR count). The van der Waals surface area contributed by atoms with Gasteiger partial charge in [-0.2, -0.15) is 4.98 Å². The summed E-state index contributed by atoms with van der Waals surface area (Å²) < 4.78 is 6.18. The molecule has 0 atom stereocenters. The molecule has 5 aromatic rings. The number of fused-ring (bicyclic) bond motifs is 2. The molecule has 0 aliphatic heterocycles. The number of nitrogens with zero attached hydrogens (tertiary/aromatic N) is 2. The average molecular weight is 374 g/mol. The Morgan fingerprint density at radius 2 is 1.41 bits per heavy atom. The minimum absolute atomic E-state index is 0.507. The molecule has 1 heterocycles. The molecule has 0 aliphatic carbocycles. The topological polar surface area (TPSA) is 35.0 Å². The first-order valence-electron chi connectivity index (χ1n) is 9.46. The molecule has 138 valence electrons. The zero-order valence-electron chi connectivity index (χ0n) is 15.7. The van der Waals surface area contributed by atoms with Gasteiger partial charge in [-0.05, 0) is 29.0 Å². The van der Waals surface area contributed by atoms with Crippen LogP contribution in [0.5, 0.6) is 5.88 Å². The van der Waals surface area contributed by atoms with Crippen LogP contribution in [0.4, 0.5) is 0 Å². The third kappa shape index (κ3) is 3.34. The zero-order chi connectivity index (χ0) is 19.6. The number of para-hydroxylation sites is 1. The maximum Gasteiger partial charge on any atom is 0.230 e. The second-order valence-corrected chi connectivity index (χ2v) is 6.82. The van der Waals surface area contributed by atoms with Crippen molar-refractivity contribution in [3.63, 3.8) is 0 Å². The van der Waals surface area contributed by atoms with E-state index in [0.29, 0.717) is 17.5 Å². The van der Waals surface area contributed by atoms with Crippen molar-refractivity contribution in [2.45, 2.75) is 0 Å². The molecule has 0 saturated carbocycles. The summed E-state index contributed by atoms with van der Waals surface area (Å²) in [7, 11) is 0. The van der Waals surface area contributed by atoms with E-state index < -0.39 is 0 Å². The van der Waals surface area contributed by atoms with E-state index >= 15 is 0 Å². The molecule has 29 heavy (non-hydrogen) atoms. The molecule has 0 bridgehead atoms. The number of ether oxygens (including phenoxy) is 1. The smallest absolute Gasteiger partial charge is 0.230 e. The average Bonchev–Trinajstić information content (AvgIpc) is 2.79. The van der Waals surface area contributed by atoms with Gasteiger partial charge in [-0.15, -0.1) is 0 Å². The third-order valence-corrected chi connectivity index (χ3v) is 4.89. The highest BCUT2D eigenvalue weighted by atomic mass is 16.5. The minimum atomic E-state index is 0.507. The summed E-state index contributed by atoms with van der Waals surface area (Å²) in [6.45, 7) is 4.15. The van der Waals surface area contributed by atoms with Gasteiger partial charge in [0, 0.05) is 11.1 Å². The van der Waals surface area contributed by atoms with E-state index in [9.17, 15) is 0 Å². The van der Waals surface area contributed by atoms with Crippen molar-refractivity contribution in [1.82, 2.24) is 9.97 Å². The number of benzene rings is 4. The summed E-state index contributed by atoms with van der Waals surface area (Å²) in [5.74, 6) is 1.69. The van der Waals surface area contributed by atoms with Gasteiger partial charge in [0.25, 0.3) is 0 Å². The molecule has 0 spiro atoms. The van der Waals surface area contributed by atoms with E-state index in [1.54, 1.807) is 0 Å². The molecule has 3 nitrogen and oxygen atoms in total. The minimum Gasteiger partial charge on any atom is -0.438 e. The maximum atomic E-state index is 6.18. The van der Waals surface area contributed by atoms with E-state index in [1.165, 1.54) is 5.39 Å². The Hall–Kier alpha value is -3.98. The molecule has 3 heteroatoms. The van der Waals surface area contributed by atoms with Crippen LogP contribution in [0.3, 0.4) is 0 Å².